The number of nitrogens with zero attached hydrogens (tertiary/aromatic N) is 2. The van der Waals surface area contributed by atoms with Crippen LogP contribution in [-0.2, 0) is 16.1 Å². The fourth-order valence-corrected chi connectivity index (χ4v) is 5.24. The molecule has 0 bridgehead atoms. The van der Waals surface area contributed by atoms with E-state index in [0.717, 1.165) is 32.8 Å². The van der Waals surface area contributed by atoms with Gasteiger partial charge < -0.3 is 14.6 Å². The van der Waals surface area contributed by atoms with Crippen molar-refractivity contribution in [3.63, 3.8) is 0 Å². The minimum absolute atomic E-state index is 0.246. The van der Waals surface area contributed by atoms with Crippen LogP contribution >= 0.6 is 22.9 Å². The molecule has 30 heavy (non-hydrogen) atoms. The van der Waals surface area contributed by atoms with Gasteiger partial charge in [0.2, 0.25) is 0 Å². The Morgan fingerprint density at radius 3 is 2.83 bits per heavy atom. The lowest BCUT2D eigenvalue weighted by atomic mass is 9.92. The monoisotopic (exact) mass is 441 g/mol. The van der Waals surface area contributed by atoms with Crippen LogP contribution in [0.1, 0.15) is 36.6 Å². The van der Waals surface area contributed by atoms with E-state index in [4.69, 9.17) is 21.3 Å². The van der Waals surface area contributed by atoms with Crippen molar-refractivity contribution in [1.82, 2.24) is 9.97 Å². The summed E-state index contributed by atoms with van der Waals surface area (Å²) in [4.78, 5) is 23.1. The number of aromatic amines is 1. The first-order valence-corrected chi connectivity index (χ1v) is 11.2. The first-order chi connectivity index (χ1) is 14.5. The number of aromatic nitrogens is 2. The quantitative estimate of drug-likeness (QED) is 0.385. The highest BCUT2D eigenvalue weighted by molar-refractivity contribution is 7.22. The van der Waals surface area contributed by atoms with Gasteiger partial charge in [-0.25, -0.2) is 4.98 Å². The number of fused-ring (bicyclic) bond motifs is 4. The Morgan fingerprint density at radius 1 is 1.30 bits per heavy atom. The fraction of sp³-hybridized carbons (Fsp3) is 0.304. The SMILES string of the molecule is CC.COC(=O)C1CN(c2nc3cccc(C)c3s2)Cc2[nH]c3ccc(Cl)cc3c21. The molecule has 5 rings (SSSR count). The zero-order chi connectivity index (χ0) is 21.4. The van der Waals surface area contributed by atoms with E-state index in [1.165, 1.54) is 17.4 Å². The smallest absolute Gasteiger partial charge is 0.315 e. The Bertz CT molecular complexity index is 1230. The van der Waals surface area contributed by atoms with Crippen LogP contribution < -0.4 is 4.90 Å². The Labute approximate surface area is 184 Å². The molecule has 0 radical (unpaired) electrons. The predicted octanol–water partition coefficient (Wildman–Crippen LogP) is 6.04. The Balaban J connectivity index is 0.00000106. The van der Waals surface area contributed by atoms with Gasteiger partial charge in [0.25, 0.3) is 0 Å². The largest absolute Gasteiger partial charge is 0.468 e. The van der Waals surface area contributed by atoms with Crippen LogP contribution in [0.4, 0.5) is 5.13 Å². The molecule has 1 unspecified atom stereocenters. The number of halogens is 1. The average molecular weight is 442 g/mol. The minimum atomic E-state index is -0.394. The Hall–Kier alpha value is -2.57. The van der Waals surface area contributed by atoms with Gasteiger partial charge >= 0.3 is 5.97 Å². The van der Waals surface area contributed by atoms with E-state index in [0.29, 0.717) is 18.1 Å². The van der Waals surface area contributed by atoms with Crippen LogP contribution in [0.15, 0.2) is 36.4 Å². The molecule has 0 spiro atoms. The lowest BCUT2D eigenvalue weighted by molar-refractivity contribution is -0.142. The van der Waals surface area contributed by atoms with Crippen LogP contribution in [0, 0.1) is 6.92 Å². The van der Waals surface area contributed by atoms with E-state index in [9.17, 15) is 4.79 Å². The highest BCUT2D eigenvalue weighted by Crippen LogP contribution is 2.40. The van der Waals surface area contributed by atoms with Crippen molar-refractivity contribution in [2.45, 2.75) is 33.2 Å². The van der Waals surface area contributed by atoms with E-state index in [2.05, 4.69) is 22.9 Å². The maximum atomic E-state index is 12.6. The Morgan fingerprint density at radius 2 is 2.10 bits per heavy atom. The summed E-state index contributed by atoms with van der Waals surface area (Å²) in [6.07, 6.45) is 0. The van der Waals surface area contributed by atoms with Gasteiger partial charge in [0.05, 0.1) is 23.9 Å². The maximum Gasteiger partial charge on any atom is 0.315 e. The van der Waals surface area contributed by atoms with Crippen molar-refractivity contribution in [3.05, 3.63) is 58.2 Å². The van der Waals surface area contributed by atoms with Crippen molar-refractivity contribution in [2.75, 3.05) is 18.6 Å². The summed E-state index contributed by atoms with van der Waals surface area (Å²) < 4.78 is 6.31. The summed E-state index contributed by atoms with van der Waals surface area (Å²) in [5.41, 5.74) is 5.17. The number of thiazole rings is 1. The molecule has 3 heterocycles. The number of ether oxygens (including phenoxy) is 1. The second kappa shape index (κ2) is 8.28. The summed E-state index contributed by atoms with van der Waals surface area (Å²) in [5.74, 6) is -0.641. The molecule has 0 saturated heterocycles. The van der Waals surface area contributed by atoms with Crippen LogP contribution in [0.3, 0.4) is 0 Å². The number of hydrogen-bond acceptors (Lipinski definition) is 5. The highest BCUT2D eigenvalue weighted by Gasteiger charge is 2.35. The standard InChI is InChI=1S/C21H18ClN3O2S.C2H6/c1-11-4-3-5-16-19(11)28-21(24-16)25-9-14(20(26)27-2)18-13-8-12(22)6-7-15(13)23-17(18)10-25;1-2/h3-8,14,23H,9-10H2,1-2H3;1-2H3. The number of hydrogen-bond donors (Lipinski definition) is 1. The maximum absolute atomic E-state index is 12.6. The van der Waals surface area contributed by atoms with E-state index in [1.807, 2.05) is 44.2 Å². The number of methoxy groups -OCH3 is 1. The number of aryl methyl sites for hydroxylation is 1. The van der Waals surface area contributed by atoms with E-state index < -0.39 is 5.92 Å². The number of benzene rings is 2. The fourth-order valence-electron chi connectivity index (χ4n) is 4.02. The molecule has 5 nitrogen and oxygen atoms in total. The molecule has 1 aliphatic rings. The van der Waals surface area contributed by atoms with Gasteiger partial charge in [-0.05, 0) is 42.3 Å². The van der Waals surface area contributed by atoms with Crippen molar-refractivity contribution >= 4 is 55.2 Å². The molecular weight excluding hydrogens is 418 g/mol. The predicted molar refractivity (Wildman–Crippen MR) is 125 cm³/mol. The summed E-state index contributed by atoms with van der Waals surface area (Å²) in [5, 5.41) is 2.56. The van der Waals surface area contributed by atoms with Crippen LogP contribution in [0.2, 0.25) is 5.02 Å². The second-order valence-corrected chi connectivity index (χ2v) is 8.50. The summed E-state index contributed by atoms with van der Waals surface area (Å²) in [7, 11) is 1.43. The molecule has 156 valence electrons. The first-order valence-electron chi connectivity index (χ1n) is 10.0. The average Bonchev–Trinajstić information content (AvgIpc) is 3.36. The number of anilines is 1. The molecule has 0 fully saturated rings. The van der Waals surface area contributed by atoms with Gasteiger partial charge in [0.1, 0.15) is 5.92 Å². The number of nitrogens with one attached hydrogen (secondary N) is 1. The van der Waals surface area contributed by atoms with Crippen molar-refractivity contribution in [2.24, 2.45) is 0 Å². The molecule has 0 aliphatic carbocycles. The molecule has 2 aromatic heterocycles. The van der Waals surface area contributed by atoms with Gasteiger partial charge in [-0.15, -0.1) is 0 Å². The number of H-pyrrole nitrogens is 1. The van der Waals surface area contributed by atoms with Crippen LogP contribution in [-0.4, -0.2) is 29.6 Å². The minimum Gasteiger partial charge on any atom is -0.468 e. The van der Waals surface area contributed by atoms with Crippen LogP contribution in [0.5, 0.6) is 0 Å². The zero-order valence-corrected chi connectivity index (χ0v) is 19.0. The van der Waals surface area contributed by atoms with Crippen LogP contribution in [0.25, 0.3) is 21.1 Å². The summed E-state index contributed by atoms with van der Waals surface area (Å²) >= 11 is 7.88. The number of esters is 1. The molecule has 2 aromatic carbocycles. The van der Waals surface area contributed by atoms with Crippen molar-refractivity contribution in [1.29, 1.82) is 0 Å². The molecule has 1 atom stereocenters. The molecule has 7 heteroatoms. The topological polar surface area (TPSA) is 58.2 Å². The van der Waals surface area contributed by atoms with E-state index >= 15 is 0 Å². The number of carbonyl (C=O) groups is 1. The summed E-state index contributed by atoms with van der Waals surface area (Å²) in [6, 6.07) is 11.9. The molecule has 0 amide bonds. The normalized spacial score (nSPS) is 15.6. The van der Waals surface area contributed by atoms with E-state index in [1.54, 1.807) is 11.3 Å². The first kappa shape index (κ1) is 20.7. The highest BCUT2D eigenvalue weighted by atomic mass is 35.5. The van der Waals surface area contributed by atoms with Gasteiger partial charge in [0, 0.05) is 28.2 Å². The molecule has 0 saturated carbocycles. The molecule has 1 aliphatic heterocycles. The number of rotatable bonds is 2. The van der Waals surface area contributed by atoms with Gasteiger partial charge in [-0.2, -0.15) is 0 Å². The third kappa shape index (κ3) is 3.44. The summed E-state index contributed by atoms with van der Waals surface area (Å²) in [6.45, 7) is 7.28. The lowest BCUT2D eigenvalue weighted by Crippen LogP contribution is -2.37. The van der Waals surface area contributed by atoms with E-state index in [-0.39, 0.29) is 5.97 Å². The van der Waals surface area contributed by atoms with Gasteiger partial charge in [-0.1, -0.05) is 48.9 Å². The lowest BCUT2D eigenvalue weighted by Gasteiger charge is -2.31. The molecule has 4 aromatic rings. The third-order valence-corrected chi connectivity index (χ3v) is 6.84. The van der Waals surface area contributed by atoms with Crippen molar-refractivity contribution in [3.8, 4) is 0 Å². The second-order valence-electron chi connectivity index (χ2n) is 7.08. The van der Waals surface area contributed by atoms with Gasteiger partial charge in [-0.3, -0.25) is 4.79 Å². The number of carbonyl (C=O) groups excluding carboxylic acids is 1. The Kier molecular flexibility index (Phi) is 5.71. The van der Waals surface area contributed by atoms with Gasteiger partial charge in [0.15, 0.2) is 5.13 Å². The zero-order valence-electron chi connectivity index (χ0n) is 17.5. The molecule has 1 N–H and O–H groups in total. The molecular formula is C23H24ClN3O2S. The van der Waals surface area contributed by atoms with Crippen molar-refractivity contribution < 1.29 is 9.53 Å². The third-order valence-electron chi connectivity index (χ3n) is 5.34.